The zero-order chi connectivity index (χ0) is 29.6. The molecule has 0 aliphatic carbocycles. The Morgan fingerprint density at radius 1 is 0.488 bits per heavy atom. The van der Waals surface area contributed by atoms with Gasteiger partial charge in [0.1, 0.15) is 17.2 Å². The molecule has 0 spiro atoms. The fraction of sp³-hybridized carbons (Fsp3) is 0.0909. The molecule has 0 amide bonds. The first kappa shape index (κ1) is 32.0. The SMILES string of the molecule is Brc1ccccc1Br.COc1cccc(-c2ccccc2-c2cccc(OC)c2)c1.COc1cccc(B(O)O)c1. The number of ether oxygens (including phenoxy) is 3. The van der Waals surface area contributed by atoms with E-state index in [-0.39, 0.29) is 0 Å². The summed E-state index contributed by atoms with van der Waals surface area (Å²) >= 11 is 6.70. The number of methoxy groups -OCH3 is 3. The van der Waals surface area contributed by atoms with Crippen molar-refractivity contribution in [2.45, 2.75) is 0 Å². The van der Waals surface area contributed by atoms with Crippen molar-refractivity contribution in [3.8, 4) is 39.5 Å². The molecule has 0 aliphatic rings. The van der Waals surface area contributed by atoms with Gasteiger partial charge in [0.25, 0.3) is 0 Å². The van der Waals surface area contributed by atoms with Crippen molar-refractivity contribution in [3.63, 3.8) is 0 Å². The summed E-state index contributed by atoms with van der Waals surface area (Å²) in [6.07, 6.45) is 0. The lowest BCUT2D eigenvalue weighted by Gasteiger charge is -2.12. The van der Waals surface area contributed by atoms with E-state index >= 15 is 0 Å². The van der Waals surface area contributed by atoms with Crippen LogP contribution in [0.5, 0.6) is 17.2 Å². The molecule has 0 saturated heterocycles. The zero-order valence-corrected chi connectivity index (χ0v) is 26.2. The lowest BCUT2D eigenvalue weighted by molar-refractivity contribution is 0.412. The van der Waals surface area contributed by atoms with Crippen LogP contribution in [0.4, 0.5) is 0 Å². The fourth-order valence-electron chi connectivity index (χ4n) is 3.81. The van der Waals surface area contributed by atoms with Gasteiger partial charge >= 0.3 is 7.12 Å². The maximum Gasteiger partial charge on any atom is 0.488 e. The molecule has 2 N–H and O–H groups in total. The topological polar surface area (TPSA) is 68.2 Å². The Hall–Kier alpha value is -3.56. The molecule has 5 rings (SSSR count). The van der Waals surface area contributed by atoms with Gasteiger partial charge in [-0.3, -0.25) is 0 Å². The summed E-state index contributed by atoms with van der Waals surface area (Å²) in [5.41, 5.74) is 5.06. The highest BCUT2D eigenvalue weighted by atomic mass is 79.9. The molecule has 5 nitrogen and oxygen atoms in total. The lowest BCUT2D eigenvalue weighted by atomic mass is 9.80. The molecule has 0 saturated carbocycles. The number of rotatable bonds is 6. The first-order chi connectivity index (χ1) is 19.9. The van der Waals surface area contributed by atoms with Crippen molar-refractivity contribution in [2.75, 3.05) is 21.3 Å². The van der Waals surface area contributed by atoms with Crippen molar-refractivity contribution in [3.05, 3.63) is 130 Å². The van der Waals surface area contributed by atoms with Gasteiger partial charge in [0.05, 0.1) is 21.3 Å². The van der Waals surface area contributed by atoms with E-state index in [4.69, 9.17) is 24.3 Å². The minimum Gasteiger partial charge on any atom is -0.497 e. The van der Waals surface area contributed by atoms with Gasteiger partial charge in [-0.2, -0.15) is 0 Å². The normalized spacial score (nSPS) is 9.83. The van der Waals surface area contributed by atoms with E-state index in [9.17, 15) is 0 Å². The fourth-order valence-corrected chi connectivity index (χ4v) is 4.38. The molecule has 5 aromatic rings. The van der Waals surface area contributed by atoms with Crippen molar-refractivity contribution in [1.82, 2.24) is 0 Å². The Bertz CT molecular complexity index is 1440. The highest BCUT2D eigenvalue weighted by Gasteiger charge is 2.10. The monoisotopic (exact) mass is 676 g/mol. The molecule has 0 radical (unpaired) electrons. The maximum absolute atomic E-state index is 8.74. The van der Waals surface area contributed by atoms with Crippen LogP contribution in [0.25, 0.3) is 22.3 Å². The minimum atomic E-state index is -1.43. The van der Waals surface area contributed by atoms with Crippen LogP contribution in [0, 0.1) is 0 Å². The molecule has 8 heteroatoms. The Morgan fingerprint density at radius 3 is 1.27 bits per heavy atom. The van der Waals surface area contributed by atoms with Gasteiger partial charge in [0.15, 0.2) is 0 Å². The number of hydrogen-bond acceptors (Lipinski definition) is 5. The Kier molecular flexibility index (Phi) is 13.0. The van der Waals surface area contributed by atoms with Gasteiger partial charge in [-0.15, -0.1) is 0 Å². The Labute approximate surface area is 258 Å². The maximum atomic E-state index is 8.74. The van der Waals surface area contributed by atoms with Gasteiger partial charge < -0.3 is 24.3 Å². The van der Waals surface area contributed by atoms with Crippen LogP contribution in [0.1, 0.15) is 0 Å². The smallest absolute Gasteiger partial charge is 0.488 e. The molecule has 5 aromatic carbocycles. The third kappa shape index (κ3) is 9.79. The van der Waals surface area contributed by atoms with Crippen LogP contribution in [-0.2, 0) is 0 Å². The number of halogens is 2. The summed E-state index contributed by atoms with van der Waals surface area (Å²) in [5.74, 6) is 2.34. The zero-order valence-electron chi connectivity index (χ0n) is 23.0. The second-order valence-corrected chi connectivity index (χ2v) is 10.3. The van der Waals surface area contributed by atoms with Gasteiger partial charge in [-0.25, -0.2) is 0 Å². The van der Waals surface area contributed by atoms with E-state index in [1.165, 1.54) is 18.2 Å². The summed E-state index contributed by atoms with van der Waals surface area (Å²) in [5, 5.41) is 17.5. The van der Waals surface area contributed by atoms with Gasteiger partial charge in [0.2, 0.25) is 0 Å². The standard InChI is InChI=1S/C20H18O2.C7H9BO3.C6H4Br2/c1-21-17-9-5-7-15(13-17)19-11-3-4-12-20(19)16-8-6-10-18(14-16)22-2;1-11-7-4-2-3-6(5-7)8(9)10;7-5-3-1-2-4-6(5)8/h3-14H,1-2H3;2-5,9-10H,1H3;1-4H. The summed E-state index contributed by atoms with van der Waals surface area (Å²) in [6, 6.07) is 39.2. The number of benzene rings is 5. The van der Waals surface area contributed by atoms with Gasteiger partial charge in [-0.05, 0) is 108 Å². The van der Waals surface area contributed by atoms with E-state index in [1.807, 2.05) is 48.5 Å². The van der Waals surface area contributed by atoms with E-state index in [1.54, 1.807) is 38.5 Å². The van der Waals surface area contributed by atoms with Gasteiger partial charge in [0, 0.05) is 8.95 Å². The predicted molar refractivity (Wildman–Crippen MR) is 175 cm³/mol. The third-order valence-corrected chi connectivity index (χ3v) is 7.82. The van der Waals surface area contributed by atoms with E-state index < -0.39 is 7.12 Å². The molecule has 210 valence electrons. The molecule has 0 fully saturated rings. The van der Waals surface area contributed by atoms with Gasteiger partial charge in [-0.1, -0.05) is 72.8 Å². The molecule has 0 heterocycles. The van der Waals surface area contributed by atoms with Crippen molar-refractivity contribution < 1.29 is 24.3 Å². The van der Waals surface area contributed by atoms with Crippen LogP contribution >= 0.6 is 31.9 Å². The van der Waals surface area contributed by atoms with Crippen LogP contribution in [0.15, 0.2) is 130 Å². The second kappa shape index (κ2) is 16.6. The largest absolute Gasteiger partial charge is 0.497 e. The Balaban J connectivity index is 0.000000201. The second-order valence-electron chi connectivity index (χ2n) is 8.57. The summed E-state index contributed by atoms with van der Waals surface area (Å²) in [7, 11) is 3.48. The molecular weight excluding hydrogens is 647 g/mol. The molecular formula is C33H31BBr2O5. The van der Waals surface area contributed by atoms with E-state index in [0.717, 1.165) is 31.6 Å². The average Bonchev–Trinajstić information content (AvgIpc) is 3.03. The molecule has 0 aromatic heterocycles. The Morgan fingerprint density at radius 2 is 0.878 bits per heavy atom. The number of hydrogen-bond donors (Lipinski definition) is 2. The minimum absolute atomic E-state index is 0.435. The van der Waals surface area contributed by atoms with Crippen LogP contribution in [-0.4, -0.2) is 38.5 Å². The molecule has 0 atom stereocenters. The van der Waals surface area contributed by atoms with Crippen molar-refractivity contribution >= 4 is 44.4 Å². The molecule has 0 bridgehead atoms. The predicted octanol–water partition coefficient (Wildman–Crippen LogP) is 7.62. The van der Waals surface area contributed by atoms with Crippen LogP contribution < -0.4 is 19.7 Å². The molecule has 41 heavy (non-hydrogen) atoms. The van der Waals surface area contributed by atoms with Crippen molar-refractivity contribution in [1.29, 1.82) is 0 Å². The first-order valence-corrected chi connectivity index (χ1v) is 14.2. The van der Waals surface area contributed by atoms with E-state index in [0.29, 0.717) is 11.2 Å². The quantitative estimate of drug-likeness (QED) is 0.181. The lowest BCUT2D eigenvalue weighted by Crippen LogP contribution is -2.29. The molecule has 0 unspecified atom stereocenters. The third-order valence-electron chi connectivity index (χ3n) is 5.90. The highest BCUT2D eigenvalue weighted by molar-refractivity contribution is 9.13. The molecule has 0 aliphatic heterocycles. The van der Waals surface area contributed by atoms with Crippen LogP contribution in [0.3, 0.4) is 0 Å². The van der Waals surface area contributed by atoms with Crippen LogP contribution in [0.2, 0.25) is 0 Å². The summed E-state index contributed by atoms with van der Waals surface area (Å²) in [6.45, 7) is 0. The van der Waals surface area contributed by atoms with E-state index in [2.05, 4.69) is 80.4 Å². The highest BCUT2D eigenvalue weighted by Crippen LogP contribution is 2.34. The average molecular weight is 678 g/mol. The summed E-state index contributed by atoms with van der Waals surface area (Å²) < 4.78 is 17.8. The first-order valence-electron chi connectivity index (χ1n) is 12.6. The van der Waals surface area contributed by atoms with Crippen molar-refractivity contribution in [2.24, 2.45) is 0 Å². The summed E-state index contributed by atoms with van der Waals surface area (Å²) in [4.78, 5) is 0.